The summed E-state index contributed by atoms with van der Waals surface area (Å²) in [6.45, 7) is 2.01. The van der Waals surface area contributed by atoms with E-state index in [1.165, 1.54) is 11.3 Å². The van der Waals surface area contributed by atoms with Crippen molar-refractivity contribution in [2.45, 2.75) is 6.92 Å². The van der Waals surface area contributed by atoms with E-state index in [2.05, 4.69) is 21.4 Å². The molecular weight excluding hydrogens is 320 g/mol. The first kappa shape index (κ1) is 13.4. The van der Waals surface area contributed by atoms with Crippen LogP contribution in [0.5, 0.6) is 0 Å². The van der Waals surface area contributed by atoms with Gasteiger partial charge in [-0.3, -0.25) is 5.32 Å². The van der Waals surface area contributed by atoms with Gasteiger partial charge in [0.2, 0.25) is 0 Å². The first-order valence-electron chi connectivity index (χ1n) is 6.58. The molecule has 4 rings (SSSR count). The van der Waals surface area contributed by atoms with Gasteiger partial charge in [0.1, 0.15) is 11.0 Å². The van der Waals surface area contributed by atoms with Crippen molar-refractivity contribution in [1.29, 1.82) is 0 Å². The molecule has 0 atom stereocenters. The molecule has 3 N–H and O–H groups in total. The predicted octanol–water partition coefficient (Wildman–Crippen LogP) is 4.73. The quantitative estimate of drug-likeness (QED) is 0.520. The Morgan fingerprint density at radius 3 is 2.95 bits per heavy atom. The molecule has 0 unspecified atom stereocenters. The van der Waals surface area contributed by atoms with E-state index in [0.29, 0.717) is 33.0 Å². The Hall–Kier alpha value is -2.31. The maximum absolute atomic E-state index is 6.00. The van der Waals surface area contributed by atoms with Gasteiger partial charge in [-0.1, -0.05) is 22.9 Å². The van der Waals surface area contributed by atoms with E-state index in [9.17, 15) is 0 Å². The highest BCUT2D eigenvalue weighted by atomic mass is 35.5. The van der Waals surface area contributed by atoms with Gasteiger partial charge in [0, 0.05) is 5.02 Å². The van der Waals surface area contributed by atoms with E-state index in [1.54, 1.807) is 18.2 Å². The number of oxazole rings is 1. The van der Waals surface area contributed by atoms with Crippen LogP contribution in [0.3, 0.4) is 0 Å². The number of benzene rings is 2. The Bertz CT molecular complexity index is 1010. The third kappa shape index (κ3) is 2.26. The minimum Gasteiger partial charge on any atom is -0.423 e. The van der Waals surface area contributed by atoms with Gasteiger partial charge in [0.15, 0.2) is 10.7 Å². The maximum Gasteiger partial charge on any atom is 0.302 e. The number of hydrogen-bond donors (Lipinski definition) is 2. The average Bonchev–Trinajstić information content (AvgIpc) is 3.01. The largest absolute Gasteiger partial charge is 0.423 e. The molecule has 0 aliphatic heterocycles. The molecule has 0 fully saturated rings. The SMILES string of the molecule is Cc1cc(N)c2nc(Nc3nc4cc(Cl)ccc4o3)sc2c1. The van der Waals surface area contributed by atoms with E-state index in [0.717, 1.165) is 15.8 Å². The molecule has 5 nitrogen and oxygen atoms in total. The number of nitrogen functional groups attached to an aromatic ring is 1. The van der Waals surface area contributed by atoms with Gasteiger partial charge < -0.3 is 10.2 Å². The molecule has 0 amide bonds. The van der Waals surface area contributed by atoms with Crippen molar-refractivity contribution in [3.8, 4) is 0 Å². The molecule has 0 saturated heterocycles. The molecule has 2 aromatic heterocycles. The van der Waals surface area contributed by atoms with E-state index < -0.39 is 0 Å². The standard InChI is InChI=1S/C15H11ClN4OS/c1-7-4-9(17)13-12(5-7)22-15(19-13)20-14-18-10-6-8(16)2-3-11(10)21-14/h2-6H,17H2,1H3,(H,18,19,20). The summed E-state index contributed by atoms with van der Waals surface area (Å²) in [5.74, 6) is 0. The second kappa shape index (κ2) is 4.86. The third-order valence-electron chi connectivity index (χ3n) is 3.23. The zero-order valence-electron chi connectivity index (χ0n) is 11.6. The molecule has 7 heteroatoms. The van der Waals surface area contributed by atoms with Crippen molar-refractivity contribution in [2.24, 2.45) is 0 Å². The van der Waals surface area contributed by atoms with E-state index >= 15 is 0 Å². The third-order valence-corrected chi connectivity index (χ3v) is 4.39. The average molecular weight is 331 g/mol. The van der Waals surface area contributed by atoms with Crippen LogP contribution in [0, 0.1) is 6.92 Å². The Labute approximate surface area is 134 Å². The van der Waals surface area contributed by atoms with Crippen molar-refractivity contribution in [1.82, 2.24) is 9.97 Å². The Kier molecular flexibility index (Phi) is 2.95. The van der Waals surface area contributed by atoms with Crippen molar-refractivity contribution in [3.05, 3.63) is 40.9 Å². The van der Waals surface area contributed by atoms with Gasteiger partial charge in [0.25, 0.3) is 0 Å². The molecule has 0 aliphatic carbocycles. The van der Waals surface area contributed by atoms with Gasteiger partial charge in [-0.25, -0.2) is 4.98 Å². The molecule has 22 heavy (non-hydrogen) atoms. The first-order chi connectivity index (χ1) is 10.6. The van der Waals surface area contributed by atoms with Gasteiger partial charge in [-0.2, -0.15) is 4.98 Å². The normalized spacial score (nSPS) is 11.4. The van der Waals surface area contributed by atoms with Crippen LogP contribution in [0.15, 0.2) is 34.7 Å². The van der Waals surface area contributed by atoms with Crippen LogP contribution in [-0.4, -0.2) is 9.97 Å². The number of halogens is 1. The van der Waals surface area contributed by atoms with Crippen LogP contribution >= 0.6 is 22.9 Å². The summed E-state index contributed by atoms with van der Waals surface area (Å²) in [4.78, 5) is 8.84. The molecule has 2 heterocycles. The highest BCUT2D eigenvalue weighted by Crippen LogP contribution is 2.33. The summed E-state index contributed by atoms with van der Waals surface area (Å²) >= 11 is 7.45. The second-order valence-corrected chi connectivity index (χ2v) is 6.44. The highest BCUT2D eigenvalue weighted by Gasteiger charge is 2.11. The Morgan fingerprint density at radius 2 is 2.09 bits per heavy atom. The summed E-state index contributed by atoms with van der Waals surface area (Å²) in [7, 11) is 0. The van der Waals surface area contributed by atoms with Gasteiger partial charge in [0.05, 0.1) is 10.4 Å². The maximum atomic E-state index is 6.00. The monoisotopic (exact) mass is 330 g/mol. The minimum atomic E-state index is 0.381. The fourth-order valence-electron chi connectivity index (χ4n) is 2.30. The summed E-state index contributed by atoms with van der Waals surface area (Å²) in [6.07, 6.45) is 0. The lowest BCUT2D eigenvalue weighted by Gasteiger charge is -1.96. The summed E-state index contributed by atoms with van der Waals surface area (Å²) < 4.78 is 6.66. The summed E-state index contributed by atoms with van der Waals surface area (Å²) in [6, 6.07) is 9.65. The zero-order valence-corrected chi connectivity index (χ0v) is 13.1. The molecule has 4 aromatic rings. The number of aryl methyl sites for hydroxylation is 1. The number of anilines is 3. The smallest absolute Gasteiger partial charge is 0.302 e. The van der Waals surface area contributed by atoms with Gasteiger partial charge >= 0.3 is 6.01 Å². The van der Waals surface area contributed by atoms with Crippen molar-refractivity contribution in [2.75, 3.05) is 11.1 Å². The summed E-state index contributed by atoms with van der Waals surface area (Å²) in [5.41, 5.74) is 9.94. The van der Waals surface area contributed by atoms with Crippen LogP contribution in [0.2, 0.25) is 5.02 Å². The number of hydrogen-bond acceptors (Lipinski definition) is 6. The van der Waals surface area contributed by atoms with Gasteiger partial charge in [-0.05, 0) is 42.8 Å². The number of rotatable bonds is 2. The number of nitrogens with zero attached hydrogens (tertiary/aromatic N) is 2. The molecule has 110 valence electrons. The number of nitrogens with two attached hydrogens (primary N) is 1. The lowest BCUT2D eigenvalue weighted by molar-refractivity contribution is 0.623. The van der Waals surface area contributed by atoms with Crippen LogP contribution in [0.4, 0.5) is 16.8 Å². The topological polar surface area (TPSA) is 77.0 Å². The van der Waals surface area contributed by atoms with E-state index in [-0.39, 0.29) is 0 Å². The number of nitrogens with one attached hydrogen (secondary N) is 1. The fourth-order valence-corrected chi connectivity index (χ4v) is 3.45. The van der Waals surface area contributed by atoms with E-state index in [1.807, 2.05) is 13.0 Å². The Morgan fingerprint density at radius 1 is 1.23 bits per heavy atom. The van der Waals surface area contributed by atoms with Gasteiger partial charge in [-0.15, -0.1) is 0 Å². The lowest BCUT2D eigenvalue weighted by atomic mass is 10.2. The van der Waals surface area contributed by atoms with Crippen LogP contribution < -0.4 is 11.1 Å². The highest BCUT2D eigenvalue weighted by molar-refractivity contribution is 7.22. The molecule has 0 saturated carbocycles. The number of aromatic nitrogens is 2. The fraction of sp³-hybridized carbons (Fsp3) is 0.0667. The van der Waals surface area contributed by atoms with Crippen molar-refractivity contribution in [3.63, 3.8) is 0 Å². The molecule has 0 bridgehead atoms. The van der Waals surface area contributed by atoms with Crippen LogP contribution in [-0.2, 0) is 0 Å². The molecule has 0 spiro atoms. The minimum absolute atomic E-state index is 0.381. The van der Waals surface area contributed by atoms with Crippen LogP contribution in [0.1, 0.15) is 5.56 Å². The molecule has 0 aliphatic rings. The number of thiazole rings is 1. The number of fused-ring (bicyclic) bond motifs is 2. The zero-order chi connectivity index (χ0) is 15.3. The Balaban J connectivity index is 1.74. The lowest BCUT2D eigenvalue weighted by Crippen LogP contribution is -1.90. The second-order valence-electron chi connectivity index (χ2n) is 4.98. The molecular formula is C15H11ClN4OS. The van der Waals surface area contributed by atoms with Crippen molar-refractivity contribution < 1.29 is 4.42 Å². The molecule has 0 radical (unpaired) electrons. The summed E-state index contributed by atoms with van der Waals surface area (Å²) in [5, 5.41) is 4.39. The predicted molar refractivity (Wildman–Crippen MR) is 91.1 cm³/mol. The van der Waals surface area contributed by atoms with E-state index in [4.69, 9.17) is 21.8 Å². The first-order valence-corrected chi connectivity index (χ1v) is 7.78. The van der Waals surface area contributed by atoms with Crippen LogP contribution in [0.25, 0.3) is 21.3 Å². The molecule has 2 aromatic carbocycles. The van der Waals surface area contributed by atoms with Crippen molar-refractivity contribution >= 4 is 61.1 Å².